The molecule has 1 aliphatic heterocycles. The summed E-state index contributed by atoms with van der Waals surface area (Å²) in [5.74, 6) is -0.194. The van der Waals surface area contributed by atoms with Crippen molar-refractivity contribution in [3.63, 3.8) is 0 Å². The van der Waals surface area contributed by atoms with Crippen LogP contribution in [0.3, 0.4) is 0 Å². The number of anilines is 1. The summed E-state index contributed by atoms with van der Waals surface area (Å²) in [6, 6.07) is 12.0. The standard InChI is InChI=1S/C24H30BFN2O5/c1-23(2)24(3,4)33-25(32-23)18(11-17-12-21(30-5)20(27)13-19(17)26)14-28-22(29)31-15-16-9-7-6-8-10-16/h6-13H,14-15,27H2,1-5H3,(H,28,29). The number of benzene rings is 2. The summed E-state index contributed by atoms with van der Waals surface area (Å²) in [5.41, 5.74) is 6.37. The molecule has 0 unspecified atom stereocenters. The van der Waals surface area contributed by atoms with Crippen molar-refractivity contribution in [2.75, 3.05) is 19.4 Å². The molecule has 3 rings (SSSR count). The van der Waals surface area contributed by atoms with Crippen LogP contribution in [0.5, 0.6) is 5.75 Å². The first-order valence-corrected chi connectivity index (χ1v) is 10.7. The highest BCUT2D eigenvalue weighted by atomic mass is 19.1. The predicted octanol–water partition coefficient (Wildman–Crippen LogP) is 4.36. The number of carbonyl (C=O) groups is 1. The van der Waals surface area contributed by atoms with E-state index in [0.717, 1.165) is 5.56 Å². The molecule has 1 aliphatic rings. The van der Waals surface area contributed by atoms with Gasteiger partial charge in [0.15, 0.2) is 0 Å². The maximum Gasteiger partial charge on any atom is 0.492 e. The van der Waals surface area contributed by atoms with Gasteiger partial charge in [-0.15, -0.1) is 0 Å². The summed E-state index contributed by atoms with van der Waals surface area (Å²) in [4.78, 5) is 12.3. The number of halogens is 1. The van der Waals surface area contributed by atoms with Crippen LogP contribution in [-0.2, 0) is 20.7 Å². The van der Waals surface area contributed by atoms with Gasteiger partial charge in [-0.05, 0) is 44.8 Å². The SMILES string of the molecule is COc1cc(C=C(CNC(=O)OCc2ccccc2)B2OC(C)(C)C(C)(C)O2)c(F)cc1N. The highest BCUT2D eigenvalue weighted by molar-refractivity contribution is 6.56. The van der Waals surface area contributed by atoms with Gasteiger partial charge in [-0.3, -0.25) is 0 Å². The molecule has 1 amide bonds. The van der Waals surface area contributed by atoms with Crippen LogP contribution in [0.2, 0.25) is 0 Å². The zero-order valence-corrected chi connectivity index (χ0v) is 19.6. The van der Waals surface area contributed by atoms with Crippen molar-refractivity contribution in [1.82, 2.24) is 5.32 Å². The molecule has 0 radical (unpaired) electrons. The van der Waals surface area contributed by atoms with Gasteiger partial charge >= 0.3 is 13.2 Å². The van der Waals surface area contributed by atoms with Crippen LogP contribution in [0, 0.1) is 5.82 Å². The summed E-state index contributed by atoms with van der Waals surface area (Å²) < 4.78 is 37.4. The summed E-state index contributed by atoms with van der Waals surface area (Å²) >= 11 is 0. The Morgan fingerprint density at radius 3 is 2.39 bits per heavy atom. The second-order valence-electron chi connectivity index (χ2n) is 8.84. The molecule has 0 saturated carbocycles. The topological polar surface area (TPSA) is 92.0 Å². The van der Waals surface area contributed by atoms with Crippen molar-refractivity contribution in [3.8, 4) is 5.75 Å². The Labute approximate surface area is 194 Å². The average molecular weight is 456 g/mol. The van der Waals surface area contributed by atoms with Gasteiger partial charge in [0.2, 0.25) is 0 Å². The lowest BCUT2D eigenvalue weighted by Crippen LogP contribution is -2.41. The van der Waals surface area contributed by atoms with E-state index in [1.54, 1.807) is 6.08 Å². The number of alkyl carbamates (subject to hydrolysis) is 1. The third-order valence-corrected chi connectivity index (χ3v) is 5.90. The number of ether oxygens (including phenoxy) is 2. The number of amides is 1. The van der Waals surface area contributed by atoms with E-state index >= 15 is 0 Å². The number of nitrogen functional groups attached to an aromatic ring is 1. The van der Waals surface area contributed by atoms with Crippen molar-refractivity contribution in [2.24, 2.45) is 0 Å². The molecule has 0 aliphatic carbocycles. The number of nitrogens with two attached hydrogens (primary N) is 1. The first kappa shape index (κ1) is 24.6. The van der Waals surface area contributed by atoms with Crippen molar-refractivity contribution in [1.29, 1.82) is 0 Å². The summed E-state index contributed by atoms with van der Waals surface area (Å²) in [5, 5.41) is 2.70. The van der Waals surface area contributed by atoms with Crippen LogP contribution in [0.25, 0.3) is 6.08 Å². The van der Waals surface area contributed by atoms with Gasteiger partial charge in [0, 0.05) is 18.2 Å². The molecule has 0 bridgehead atoms. The van der Waals surface area contributed by atoms with E-state index in [1.807, 2.05) is 58.0 Å². The maximum atomic E-state index is 14.7. The molecule has 33 heavy (non-hydrogen) atoms. The summed E-state index contributed by atoms with van der Waals surface area (Å²) in [7, 11) is 0.656. The number of hydrogen-bond acceptors (Lipinski definition) is 6. The molecule has 2 aromatic rings. The Hall–Kier alpha value is -3.04. The third-order valence-electron chi connectivity index (χ3n) is 5.90. The molecular formula is C24H30BFN2O5. The van der Waals surface area contributed by atoms with Crippen LogP contribution in [0.1, 0.15) is 38.8 Å². The Bertz CT molecular complexity index is 1010. The van der Waals surface area contributed by atoms with Crippen LogP contribution in [-0.4, -0.2) is 38.1 Å². The molecule has 1 fully saturated rings. The summed E-state index contributed by atoms with van der Waals surface area (Å²) in [6.45, 7) is 7.82. The van der Waals surface area contributed by atoms with Crippen LogP contribution in [0.4, 0.5) is 14.9 Å². The fourth-order valence-corrected chi connectivity index (χ4v) is 3.22. The van der Waals surface area contributed by atoms with Crippen molar-refractivity contribution >= 4 is 25.0 Å². The van der Waals surface area contributed by atoms with E-state index in [1.165, 1.54) is 19.2 Å². The first-order chi connectivity index (χ1) is 15.5. The van der Waals surface area contributed by atoms with Gasteiger partial charge in [0.05, 0.1) is 24.0 Å². The first-order valence-electron chi connectivity index (χ1n) is 10.7. The van der Waals surface area contributed by atoms with Gasteiger partial charge in [0.25, 0.3) is 0 Å². The fraction of sp³-hybridized carbons (Fsp3) is 0.375. The number of hydrogen-bond donors (Lipinski definition) is 2. The second kappa shape index (κ2) is 9.85. The van der Waals surface area contributed by atoms with E-state index in [-0.39, 0.29) is 24.4 Å². The van der Waals surface area contributed by atoms with Crippen LogP contribution >= 0.6 is 0 Å². The Morgan fingerprint density at radius 2 is 1.79 bits per heavy atom. The Morgan fingerprint density at radius 1 is 1.15 bits per heavy atom. The monoisotopic (exact) mass is 456 g/mol. The number of methoxy groups -OCH3 is 1. The molecule has 9 heteroatoms. The van der Waals surface area contributed by atoms with Gasteiger partial charge < -0.3 is 29.8 Å². The zero-order valence-electron chi connectivity index (χ0n) is 19.6. The lowest BCUT2D eigenvalue weighted by atomic mass is 9.77. The quantitative estimate of drug-likeness (QED) is 0.475. The molecule has 0 aromatic heterocycles. The van der Waals surface area contributed by atoms with Crippen molar-refractivity contribution in [3.05, 3.63) is 64.9 Å². The smallest absolute Gasteiger partial charge is 0.492 e. The largest absolute Gasteiger partial charge is 0.495 e. The molecular weight excluding hydrogens is 426 g/mol. The number of carbonyl (C=O) groups excluding carboxylic acids is 1. The third kappa shape index (κ3) is 5.86. The lowest BCUT2D eigenvalue weighted by Gasteiger charge is -2.32. The second-order valence-corrected chi connectivity index (χ2v) is 8.84. The molecule has 1 heterocycles. The van der Waals surface area contributed by atoms with Crippen molar-refractivity contribution in [2.45, 2.75) is 45.5 Å². The van der Waals surface area contributed by atoms with Gasteiger partial charge in [-0.1, -0.05) is 36.4 Å². The van der Waals surface area contributed by atoms with E-state index in [2.05, 4.69) is 5.32 Å². The molecule has 0 spiro atoms. The highest BCUT2D eigenvalue weighted by Gasteiger charge is 2.52. The molecule has 0 atom stereocenters. The average Bonchev–Trinajstić information content (AvgIpc) is 2.98. The van der Waals surface area contributed by atoms with E-state index in [9.17, 15) is 9.18 Å². The Balaban J connectivity index is 1.81. The minimum atomic E-state index is -0.799. The summed E-state index contributed by atoms with van der Waals surface area (Å²) in [6.07, 6.45) is 0.952. The zero-order chi connectivity index (χ0) is 24.2. The van der Waals surface area contributed by atoms with Crippen LogP contribution < -0.4 is 15.8 Å². The fourth-order valence-electron chi connectivity index (χ4n) is 3.22. The van der Waals surface area contributed by atoms with Gasteiger partial charge in [-0.25, -0.2) is 9.18 Å². The Kier molecular flexibility index (Phi) is 7.34. The molecule has 1 saturated heterocycles. The van der Waals surface area contributed by atoms with E-state index in [0.29, 0.717) is 11.2 Å². The predicted molar refractivity (Wildman–Crippen MR) is 126 cm³/mol. The maximum absolute atomic E-state index is 14.7. The van der Waals surface area contributed by atoms with Gasteiger partial charge in [0.1, 0.15) is 18.2 Å². The normalized spacial score (nSPS) is 17.0. The minimum absolute atomic E-state index is 0.0244. The molecule has 176 valence electrons. The molecule has 7 nitrogen and oxygen atoms in total. The van der Waals surface area contributed by atoms with Crippen molar-refractivity contribution < 1.29 is 28.0 Å². The van der Waals surface area contributed by atoms with E-state index < -0.39 is 30.2 Å². The number of rotatable bonds is 7. The van der Waals surface area contributed by atoms with E-state index in [4.69, 9.17) is 24.5 Å². The minimum Gasteiger partial charge on any atom is -0.495 e. The molecule has 3 N–H and O–H groups in total. The number of nitrogens with one attached hydrogen (secondary N) is 1. The van der Waals surface area contributed by atoms with Crippen LogP contribution in [0.15, 0.2) is 47.9 Å². The lowest BCUT2D eigenvalue weighted by molar-refractivity contribution is 0.00578. The highest BCUT2D eigenvalue weighted by Crippen LogP contribution is 2.39. The molecule has 2 aromatic carbocycles. The van der Waals surface area contributed by atoms with Gasteiger partial charge in [-0.2, -0.15) is 0 Å².